The average molecular weight is 187 g/mol. The Morgan fingerprint density at radius 2 is 1.54 bits per heavy atom. The van der Waals surface area contributed by atoms with E-state index in [0.29, 0.717) is 0 Å². The number of amides is 1. The Hall–Kier alpha value is -0.610. The maximum Gasteiger partial charge on any atom is 0.241 e. The molecule has 0 fully saturated rings. The third kappa shape index (κ3) is 4.85. The van der Waals surface area contributed by atoms with E-state index in [1.165, 1.54) is 0 Å². The second-order valence-electron chi connectivity index (χ2n) is 4.70. The van der Waals surface area contributed by atoms with Gasteiger partial charge in [0.2, 0.25) is 5.91 Å². The van der Waals surface area contributed by atoms with Crippen LogP contribution in [-0.4, -0.2) is 24.0 Å². The van der Waals surface area contributed by atoms with Crippen molar-refractivity contribution in [1.82, 2.24) is 16.2 Å². The molecule has 0 unspecified atom stereocenters. The molecule has 0 atom stereocenters. The van der Waals surface area contributed by atoms with Crippen LogP contribution in [0, 0.1) is 0 Å². The number of hydrazine groups is 1. The van der Waals surface area contributed by atoms with Crippen LogP contribution in [0.15, 0.2) is 0 Å². The maximum absolute atomic E-state index is 11.7. The molecule has 1 amide bonds. The molecule has 0 radical (unpaired) electrons. The fourth-order valence-corrected chi connectivity index (χ4v) is 0.866. The predicted molar refractivity (Wildman–Crippen MR) is 54.2 cm³/mol. The normalized spacial score (nSPS) is 12.8. The number of rotatable bonds is 3. The average Bonchev–Trinajstić information content (AvgIpc) is 1.82. The lowest BCUT2D eigenvalue weighted by atomic mass is 10.0. The van der Waals surface area contributed by atoms with Gasteiger partial charge < -0.3 is 5.32 Å². The van der Waals surface area contributed by atoms with Gasteiger partial charge >= 0.3 is 0 Å². The minimum Gasteiger partial charge on any atom is -0.350 e. The van der Waals surface area contributed by atoms with E-state index in [0.717, 1.165) is 0 Å². The number of hydrogen-bond acceptors (Lipinski definition) is 3. The van der Waals surface area contributed by atoms with E-state index < -0.39 is 5.54 Å². The summed E-state index contributed by atoms with van der Waals surface area (Å²) in [7, 11) is 1.74. The molecule has 13 heavy (non-hydrogen) atoms. The molecule has 0 aliphatic heterocycles. The van der Waals surface area contributed by atoms with E-state index in [9.17, 15) is 4.79 Å². The van der Waals surface area contributed by atoms with E-state index in [-0.39, 0.29) is 11.4 Å². The fourth-order valence-electron chi connectivity index (χ4n) is 0.866. The summed E-state index contributed by atoms with van der Waals surface area (Å²) in [6, 6.07) is 0. The van der Waals surface area contributed by atoms with Gasteiger partial charge in [0.25, 0.3) is 0 Å². The maximum atomic E-state index is 11.7. The molecule has 3 N–H and O–H groups in total. The van der Waals surface area contributed by atoms with Gasteiger partial charge in [0, 0.05) is 5.54 Å². The molecular formula is C9H21N3O. The van der Waals surface area contributed by atoms with Gasteiger partial charge in [-0.3, -0.25) is 10.2 Å². The predicted octanol–water partition coefficient (Wildman–Crippen LogP) is 0.404. The highest BCUT2D eigenvalue weighted by Crippen LogP contribution is 2.05. The first-order chi connectivity index (χ1) is 5.69. The smallest absolute Gasteiger partial charge is 0.241 e. The van der Waals surface area contributed by atoms with Crippen LogP contribution in [0.5, 0.6) is 0 Å². The van der Waals surface area contributed by atoms with Crippen LogP contribution in [0.25, 0.3) is 0 Å². The molecule has 0 spiro atoms. The lowest BCUT2D eigenvalue weighted by Crippen LogP contribution is -2.59. The lowest BCUT2D eigenvalue weighted by Gasteiger charge is -2.29. The summed E-state index contributed by atoms with van der Waals surface area (Å²) in [6.45, 7) is 9.52. The Bertz CT molecular complexity index is 182. The van der Waals surface area contributed by atoms with E-state index in [1.54, 1.807) is 7.05 Å². The molecule has 0 heterocycles. The van der Waals surface area contributed by atoms with Gasteiger partial charge in [-0.1, -0.05) is 0 Å². The van der Waals surface area contributed by atoms with Crippen molar-refractivity contribution in [3.05, 3.63) is 0 Å². The van der Waals surface area contributed by atoms with Crippen molar-refractivity contribution in [2.45, 2.75) is 45.7 Å². The van der Waals surface area contributed by atoms with Gasteiger partial charge in [-0.15, -0.1) is 0 Å². The van der Waals surface area contributed by atoms with Crippen LogP contribution in [0.3, 0.4) is 0 Å². The molecule has 0 aromatic carbocycles. The third-order valence-electron chi connectivity index (χ3n) is 1.49. The highest BCUT2D eigenvalue weighted by Gasteiger charge is 2.29. The Balaban J connectivity index is 4.25. The number of carbonyl (C=O) groups is 1. The number of carbonyl (C=O) groups excluding carboxylic acids is 1. The second-order valence-corrected chi connectivity index (χ2v) is 4.70. The Morgan fingerprint density at radius 1 is 1.08 bits per heavy atom. The fraction of sp³-hybridized carbons (Fsp3) is 0.889. The summed E-state index contributed by atoms with van der Waals surface area (Å²) in [5.41, 5.74) is 4.86. The van der Waals surface area contributed by atoms with Gasteiger partial charge in [0.15, 0.2) is 0 Å². The molecule has 0 bridgehead atoms. The molecule has 0 aliphatic carbocycles. The largest absolute Gasteiger partial charge is 0.350 e. The second kappa shape index (κ2) is 4.07. The Labute approximate surface area is 80.4 Å². The van der Waals surface area contributed by atoms with Crippen LogP contribution in [0.4, 0.5) is 0 Å². The minimum absolute atomic E-state index is 0.0191. The SMILES string of the molecule is CNNC(C)(C)C(=O)NC(C)(C)C. The highest BCUT2D eigenvalue weighted by molar-refractivity contribution is 5.85. The Kier molecular flexibility index (Phi) is 3.88. The standard InChI is InChI=1S/C9H21N3O/c1-8(2,3)11-7(13)9(4,5)12-10-6/h10,12H,1-6H3,(H,11,13). The molecule has 0 saturated carbocycles. The number of nitrogens with one attached hydrogen (secondary N) is 3. The third-order valence-corrected chi connectivity index (χ3v) is 1.49. The summed E-state index contributed by atoms with van der Waals surface area (Å²) in [4.78, 5) is 11.7. The zero-order chi connectivity index (χ0) is 10.7. The molecule has 78 valence electrons. The van der Waals surface area contributed by atoms with Gasteiger partial charge in [-0.05, 0) is 41.7 Å². The highest BCUT2D eigenvalue weighted by atomic mass is 16.2. The van der Waals surface area contributed by atoms with Crippen LogP contribution >= 0.6 is 0 Å². The van der Waals surface area contributed by atoms with Gasteiger partial charge in [-0.25, -0.2) is 5.43 Å². The van der Waals surface area contributed by atoms with E-state index in [1.807, 2.05) is 34.6 Å². The molecule has 0 aliphatic rings. The Morgan fingerprint density at radius 3 is 1.85 bits per heavy atom. The summed E-state index contributed by atoms with van der Waals surface area (Å²) in [5, 5.41) is 2.90. The van der Waals surface area contributed by atoms with E-state index in [4.69, 9.17) is 0 Å². The van der Waals surface area contributed by atoms with Crippen molar-refractivity contribution in [2.24, 2.45) is 0 Å². The van der Waals surface area contributed by atoms with E-state index >= 15 is 0 Å². The molecule has 0 saturated heterocycles. The summed E-state index contributed by atoms with van der Waals surface area (Å²) in [5.74, 6) is -0.0191. The van der Waals surface area contributed by atoms with Crippen molar-refractivity contribution < 1.29 is 4.79 Å². The summed E-state index contributed by atoms with van der Waals surface area (Å²) in [6.07, 6.45) is 0. The van der Waals surface area contributed by atoms with E-state index in [2.05, 4.69) is 16.2 Å². The first-order valence-corrected chi connectivity index (χ1v) is 4.45. The van der Waals surface area contributed by atoms with Gasteiger partial charge in [0.1, 0.15) is 5.54 Å². The lowest BCUT2D eigenvalue weighted by molar-refractivity contribution is -0.128. The van der Waals surface area contributed by atoms with Gasteiger partial charge in [-0.2, -0.15) is 0 Å². The monoisotopic (exact) mass is 187 g/mol. The first-order valence-electron chi connectivity index (χ1n) is 4.45. The zero-order valence-electron chi connectivity index (χ0n) is 9.41. The molecule has 4 heteroatoms. The van der Waals surface area contributed by atoms with Crippen molar-refractivity contribution in [3.8, 4) is 0 Å². The van der Waals surface area contributed by atoms with Crippen LogP contribution in [0.1, 0.15) is 34.6 Å². The summed E-state index contributed by atoms with van der Waals surface area (Å²) < 4.78 is 0. The van der Waals surface area contributed by atoms with Gasteiger partial charge in [0.05, 0.1) is 0 Å². The molecule has 4 nitrogen and oxygen atoms in total. The van der Waals surface area contributed by atoms with Crippen molar-refractivity contribution >= 4 is 5.91 Å². The quantitative estimate of drug-likeness (QED) is 0.561. The van der Waals surface area contributed by atoms with Crippen molar-refractivity contribution in [2.75, 3.05) is 7.05 Å². The van der Waals surface area contributed by atoms with Crippen LogP contribution in [0.2, 0.25) is 0 Å². The van der Waals surface area contributed by atoms with Crippen LogP contribution < -0.4 is 16.2 Å². The zero-order valence-corrected chi connectivity index (χ0v) is 9.41. The topological polar surface area (TPSA) is 53.2 Å². The molecule has 0 rings (SSSR count). The van der Waals surface area contributed by atoms with Crippen LogP contribution in [-0.2, 0) is 4.79 Å². The molecule has 0 aromatic heterocycles. The molecular weight excluding hydrogens is 166 g/mol. The molecule has 0 aromatic rings. The summed E-state index contributed by atoms with van der Waals surface area (Å²) >= 11 is 0. The van der Waals surface area contributed by atoms with Crippen molar-refractivity contribution in [3.63, 3.8) is 0 Å². The van der Waals surface area contributed by atoms with Crippen molar-refractivity contribution in [1.29, 1.82) is 0 Å². The number of hydrogen-bond donors (Lipinski definition) is 3. The first kappa shape index (κ1) is 12.4. The minimum atomic E-state index is -0.595.